The quantitative estimate of drug-likeness (QED) is 0.728. The fourth-order valence-electron chi connectivity index (χ4n) is 1.70. The predicted octanol–water partition coefficient (Wildman–Crippen LogP) is 2.20. The first-order chi connectivity index (χ1) is 8.74. The third kappa shape index (κ3) is 1.95. The predicted molar refractivity (Wildman–Crippen MR) is 69.3 cm³/mol. The molecular weight excluding hydrogens is 298 g/mol. The van der Waals surface area contributed by atoms with Crippen LogP contribution < -0.4 is 5.76 Å². The van der Waals surface area contributed by atoms with Gasteiger partial charge in [-0.05, 0) is 40.2 Å². The highest BCUT2D eigenvalue weighted by molar-refractivity contribution is 9.10. The lowest BCUT2D eigenvalue weighted by molar-refractivity contribution is 0.516. The fourth-order valence-corrected chi connectivity index (χ4v) is 1.94. The van der Waals surface area contributed by atoms with Gasteiger partial charge in [-0.25, -0.2) is 9.78 Å². The number of aromatic nitrogens is 3. The van der Waals surface area contributed by atoms with E-state index in [0.717, 1.165) is 10.2 Å². The van der Waals surface area contributed by atoms with Crippen LogP contribution in [0.3, 0.4) is 0 Å². The van der Waals surface area contributed by atoms with Crippen molar-refractivity contribution in [3.05, 3.63) is 57.4 Å². The Labute approximate surface area is 110 Å². The molecule has 0 N–H and O–H groups in total. The van der Waals surface area contributed by atoms with Crippen LogP contribution in [0, 0.1) is 0 Å². The molecule has 0 spiro atoms. The van der Waals surface area contributed by atoms with Crippen LogP contribution >= 0.6 is 15.9 Å². The van der Waals surface area contributed by atoms with Crippen molar-refractivity contribution in [2.45, 2.75) is 6.54 Å². The van der Waals surface area contributed by atoms with E-state index in [1.54, 1.807) is 24.5 Å². The van der Waals surface area contributed by atoms with Gasteiger partial charge < -0.3 is 4.42 Å². The number of pyridine rings is 2. The highest BCUT2D eigenvalue weighted by atomic mass is 79.9. The molecule has 0 radical (unpaired) electrons. The molecule has 0 saturated carbocycles. The summed E-state index contributed by atoms with van der Waals surface area (Å²) in [6, 6.07) is 7.17. The molecule has 0 atom stereocenters. The molecule has 0 aliphatic heterocycles. The van der Waals surface area contributed by atoms with Crippen molar-refractivity contribution in [2.24, 2.45) is 0 Å². The summed E-state index contributed by atoms with van der Waals surface area (Å²) in [7, 11) is 0. The molecule has 3 aromatic heterocycles. The molecule has 5 nitrogen and oxygen atoms in total. The first-order valence-corrected chi connectivity index (χ1v) is 6.08. The van der Waals surface area contributed by atoms with E-state index in [1.807, 2.05) is 12.1 Å². The first-order valence-electron chi connectivity index (χ1n) is 5.29. The Bertz CT molecular complexity index is 746. The minimum Gasteiger partial charge on any atom is -0.406 e. The minimum absolute atomic E-state index is 0.343. The third-order valence-corrected chi connectivity index (χ3v) is 3.00. The van der Waals surface area contributed by atoms with Gasteiger partial charge in [0.15, 0.2) is 11.2 Å². The van der Waals surface area contributed by atoms with Gasteiger partial charge in [0.2, 0.25) is 0 Å². The number of nitrogens with zero attached hydrogens (tertiary/aromatic N) is 3. The number of oxazole rings is 1. The Kier molecular flexibility index (Phi) is 2.71. The SMILES string of the molecule is O=c1oc2cccnc2n1Cc1ccc(Br)cn1. The Morgan fingerprint density at radius 2 is 2.17 bits per heavy atom. The second-order valence-electron chi connectivity index (χ2n) is 3.75. The number of hydrogen-bond donors (Lipinski definition) is 0. The van der Waals surface area contributed by atoms with Gasteiger partial charge in [-0.1, -0.05) is 0 Å². The average molecular weight is 306 g/mol. The van der Waals surface area contributed by atoms with Crippen LogP contribution in [0.25, 0.3) is 11.2 Å². The zero-order chi connectivity index (χ0) is 12.5. The van der Waals surface area contributed by atoms with Gasteiger partial charge in [0.05, 0.1) is 12.2 Å². The van der Waals surface area contributed by atoms with Crippen LogP contribution in [0.2, 0.25) is 0 Å². The zero-order valence-electron chi connectivity index (χ0n) is 9.21. The van der Waals surface area contributed by atoms with Crippen LogP contribution in [-0.4, -0.2) is 14.5 Å². The van der Waals surface area contributed by atoms with Crippen molar-refractivity contribution >= 4 is 27.2 Å². The van der Waals surface area contributed by atoms with Gasteiger partial charge in [0.25, 0.3) is 0 Å². The summed E-state index contributed by atoms with van der Waals surface area (Å²) in [6.07, 6.45) is 3.32. The van der Waals surface area contributed by atoms with Crippen LogP contribution in [0.1, 0.15) is 5.69 Å². The van der Waals surface area contributed by atoms with E-state index in [1.165, 1.54) is 4.57 Å². The van der Waals surface area contributed by atoms with Crippen LogP contribution in [-0.2, 0) is 6.54 Å². The zero-order valence-corrected chi connectivity index (χ0v) is 10.8. The third-order valence-electron chi connectivity index (χ3n) is 2.53. The Morgan fingerprint density at radius 1 is 1.28 bits per heavy atom. The molecule has 90 valence electrons. The van der Waals surface area contributed by atoms with Gasteiger partial charge in [-0.2, -0.15) is 0 Å². The number of hydrogen-bond acceptors (Lipinski definition) is 4. The van der Waals surface area contributed by atoms with Crippen molar-refractivity contribution in [3.63, 3.8) is 0 Å². The summed E-state index contributed by atoms with van der Waals surface area (Å²) in [5.41, 5.74) is 1.79. The van der Waals surface area contributed by atoms with Crippen LogP contribution in [0.15, 0.2) is 50.3 Å². The minimum atomic E-state index is -0.423. The Balaban J connectivity index is 2.07. The maximum atomic E-state index is 11.7. The summed E-state index contributed by atoms with van der Waals surface area (Å²) in [4.78, 5) is 20.1. The summed E-state index contributed by atoms with van der Waals surface area (Å²) in [6.45, 7) is 0.343. The van der Waals surface area contributed by atoms with Gasteiger partial charge in [-0.15, -0.1) is 0 Å². The molecule has 3 rings (SSSR count). The molecule has 6 heteroatoms. The highest BCUT2D eigenvalue weighted by Crippen LogP contribution is 2.12. The maximum absolute atomic E-state index is 11.7. The number of halogens is 1. The molecule has 18 heavy (non-hydrogen) atoms. The second kappa shape index (κ2) is 4.38. The standard InChI is InChI=1S/C12H8BrN3O2/c13-8-3-4-9(15-6-8)7-16-11-10(18-12(16)17)2-1-5-14-11/h1-6H,7H2. The van der Waals surface area contributed by atoms with Crippen molar-refractivity contribution < 1.29 is 4.42 Å². The lowest BCUT2D eigenvalue weighted by atomic mass is 10.3. The number of rotatable bonds is 2. The fraction of sp³-hybridized carbons (Fsp3) is 0.0833. The molecule has 3 heterocycles. The van der Waals surface area contributed by atoms with Crippen molar-refractivity contribution in [1.82, 2.24) is 14.5 Å². The molecule has 0 aromatic carbocycles. The second-order valence-corrected chi connectivity index (χ2v) is 4.66. The molecule has 0 fully saturated rings. The summed E-state index contributed by atoms with van der Waals surface area (Å²) in [5.74, 6) is -0.423. The molecule has 0 aliphatic rings. The summed E-state index contributed by atoms with van der Waals surface area (Å²) < 4.78 is 7.46. The van der Waals surface area contributed by atoms with E-state index in [2.05, 4.69) is 25.9 Å². The average Bonchev–Trinajstić information content (AvgIpc) is 2.69. The van der Waals surface area contributed by atoms with Gasteiger partial charge in [-0.3, -0.25) is 9.55 Å². The molecule has 0 amide bonds. The van der Waals surface area contributed by atoms with E-state index < -0.39 is 5.76 Å². The normalized spacial score (nSPS) is 10.9. The van der Waals surface area contributed by atoms with E-state index in [4.69, 9.17) is 4.42 Å². The molecule has 0 unspecified atom stereocenters. The maximum Gasteiger partial charge on any atom is 0.421 e. The van der Waals surface area contributed by atoms with Crippen LogP contribution in [0.4, 0.5) is 0 Å². The van der Waals surface area contributed by atoms with E-state index >= 15 is 0 Å². The summed E-state index contributed by atoms with van der Waals surface area (Å²) in [5, 5.41) is 0. The Morgan fingerprint density at radius 3 is 2.94 bits per heavy atom. The van der Waals surface area contributed by atoms with Gasteiger partial charge in [0, 0.05) is 16.9 Å². The van der Waals surface area contributed by atoms with E-state index in [0.29, 0.717) is 17.8 Å². The van der Waals surface area contributed by atoms with Crippen molar-refractivity contribution in [3.8, 4) is 0 Å². The van der Waals surface area contributed by atoms with E-state index in [9.17, 15) is 4.79 Å². The Hall–Kier alpha value is -1.95. The lowest BCUT2D eigenvalue weighted by Gasteiger charge is -2.01. The largest absolute Gasteiger partial charge is 0.421 e. The smallest absolute Gasteiger partial charge is 0.406 e. The van der Waals surface area contributed by atoms with E-state index in [-0.39, 0.29) is 0 Å². The van der Waals surface area contributed by atoms with Gasteiger partial charge in [0.1, 0.15) is 0 Å². The lowest BCUT2D eigenvalue weighted by Crippen LogP contribution is -2.16. The van der Waals surface area contributed by atoms with Crippen LogP contribution in [0.5, 0.6) is 0 Å². The summed E-state index contributed by atoms with van der Waals surface area (Å²) >= 11 is 3.32. The first kappa shape index (κ1) is 11.2. The molecular formula is C12H8BrN3O2. The number of fused-ring (bicyclic) bond motifs is 1. The monoisotopic (exact) mass is 305 g/mol. The van der Waals surface area contributed by atoms with Gasteiger partial charge >= 0.3 is 5.76 Å². The molecule has 3 aromatic rings. The molecule has 0 aliphatic carbocycles. The van der Waals surface area contributed by atoms with Crippen molar-refractivity contribution in [2.75, 3.05) is 0 Å². The molecule has 0 bridgehead atoms. The van der Waals surface area contributed by atoms with Crippen molar-refractivity contribution in [1.29, 1.82) is 0 Å². The molecule has 0 saturated heterocycles. The topological polar surface area (TPSA) is 60.9 Å². The highest BCUT2D eigenvalue weighted by Gasteiger charge is 2.10.